The van der Waals surface area contributed by atoms with Gasteiger partial charge in [0.25, 0.3) is 0 Å². The smallest absolute Gasteiger partial charge is 0.248 e. The van der Waals surface area contributed by atoms with Crippen molar-refractivity contribution >= 4 is 11.8 Å². The highest BCUT2D eigenvalue weighted by Gasteiger charge is 2.39. The van der Waals surface area contributed by atoms with Gasteiger partial charge in [-0.2, -0.15) is 5.10 Å². The molecule has 3 heterocycles. The van der Waals surface area contributed by atoms with Gasteiger partial charge in [-0.1, -0.05) is 0 Å². The fourth-order valence-electron chi connectivity index (χ4n) is 3.50. The highest BCUT2D eigenvalue weighted by atomic mass is 16.5. The number of fused-ring (bicyclic) bond motifs is 1. The highest BCUT2D eigenvalue weighted by molar-refractivity contribution is 5.79. The standard InChI is InChI=1S/C16H24N4O3/c1-10-12(11(2)18-17-10)4-5-15(21)20-7-6-14-13(8-20)19(3)16(22)9-23-14/h13-14H,4-9H2,1-3H3,(H,17,18)/t13-,14+/m0/s1. The second-order valence-electron chi connectivity index (χ2n) is 6.46. The number of morpholine rings is 1. The number of aromatic amines is 1. The number of aryl methyl sites for hydroxylation is 2. The van der Waals surface area contributed by atoms with Crippen LogP contribution in [0.3, 0.4) is 0 Å². The van der Waals surface area contributed by atoms with Crippen molar-refractivity contribution in [1.29, 1.82) is 0 Å². The van der Waals surface area contributed by atoms with Crippen LogP contribution in [0.25, 0.3) is 0 Å². The van der Waals surface area contributed by atoms with Gasteiger partial charge in [-0.25, -0.2) is 0 Å². The largest absolute Gasteiger partial charge is 0.366 e. The molecule has 0 aromatic carbocycles. The quantitative estimate of drug-likeness (QED) is 0.875. The number of likely N-dealkylation sites (N-methyl/N-ethyl adjacent to an activating group) is 1. The van der Waals surface area contributed by atoms with Gasteiger partial charge in [0, 0.05) is 32.3 Å². The molecule has 0 bridgehead atoms. The summed E-state index contributed by atoms with van der Waals surface area (Å²) in [6.07, 6.45) is 2.01. The van der Waals surface area contributed by atoms with Crippen LogP contribution in [0.15, 0.2) is 0 Å². The molecule has 2 fully saturated rings. The van der Waals surface area contributed by atoms with Gasteiger partial charge in [-0.15, -0.1) is 0 Å². The second kappa shape index (κ2) is 6.31. The fraction of sp³-hybridized carbons (Fsp3) is 0.688. The zero-order valence-electron chi connectivity index (χ0n) is 14.0. The van der Waals surface area contributed by atoms with Gasteiger partial charge in [0.05, 0.1) is 17.8 Å². The molecule has 0 aliphatic carbocycles. The van der Waals surface area contributed by atoms with Gasteiger partial charge in [-0.05, 0) is 32.3 Å². The van der Waals surface area contributed by atoms with Crippen LogP contribution in [0.1, 0.15) is 29.8 Å². The van der Waals surface area contributed by atoms with Crippen molar-refractivity contribution in [3.8, 4) is 0 Å². The predicted molar refractivity (Wildman–Crippen MR) is 83.9 cm³/mol. The molecule has 2 saturated heterocycles. The van der Waals surface area contributed by atoms with Crippen molar-refractivity contribution in [1.82, 2.24) is 20.0 Å². The van der Waals surface area contributed by atoms with Gasteiger partial charge in [0.1, 0.15) is 6.61 Å². The molecule has 1 aromatic rings. The van der Waals surface area contributed by atoms with Gasteiger partial charge in [0.15, 0.2) is 0 Å². The molecule has 1 aromatic heterocycles. The van der Waals surface area contributed by atoms with Crippen LogP contribution in [0.4, 0.5) is 0 Å². The van der Waals surface area contributed by atoms with E-state index in [9.17, 15) is 9.59 Å². The van der Waals surface area contributed by atoms with E-state index in [1.54, 1.807) is 11.9 Å². The fourth-order valence-corrected chi connectivity index (χ4v) is 3.50. The first-order chi connectivity index (χ1) is 11.0. The van der Waals surface area contributed by atoms with Crippen LogP contribution in [0.5, 0.6) is 0 Å². The summed E-state index contributed by atoms with van der Waals surface area (Å²) < 4.78 is 5.60. The maximum atomic E-state index is 12.5. The van der Waals surface area contributed by atoms with Gasteiger partial charge >= 0.3 is 0 Å². The van der Waals surface area contributed by atoms with Crippen LogP contribution >= 0.6 is 0 Å². The van der Waals surface area contributed by atoms with E-state index in [4.69, 9.17) is 4.74 Å². The Balaban J connectivity index is 1.59. The first-order valence-electron chi connectivity index (χ1n) is 8.13. The first kappa shape index (κ1) is 16.0. The number of hydrogen-bond acceptors (Lipinski definition) is 4. The lowest BCUT2D eigenvalue weighted by Crippen LogP contribution is -2.61. The number of likely N-dealkylation sites (tertiary alicyclic amines) is 1. The molecule has 2 atom stereocenters. The van der Waals surface area contributed by atoms with Crippen molar-refractivity contribution < 1.29 is 14.3 Å². The van der Waals surface area contributed by atoms with E-state index in [1.807, 2.05) is 18.7 Å². The maximum absolute atomic E-state index is 12.5. The van der Waals surface area contributed by atoms with E-state index in [2.05, 4.69) is 10.2 Å². The van der Waals surface area contributed by atoms with Crippen molar-refractivity contribution in [3.63, 3.8) is 0 Å². The average molecular weight is 320 g/mol. The van der Waals surface area contributed by atoms with E-state index < -0.39 is 0 Å². The average Bonchev–Trinajstić information content (AvgIpc) is 2.87. The maximum Gasteiger partial charge on any atom is 0.248 e. The number of nitrogens with zero attached hydrogens (tertiary/aromatic N) is 3. The van der Waals surface area contributed by atoms with Crippen molar-refractivity contribution in [3.05, 3.63) is 17.0 Å². The third kappa shape index (κ3) is 3.10. The zero-order valence-corrected chi connectivity index (χ0v) is 14.0. The molecule has 0 saturated carbocycles. The lowest BCUT2D eigenvalue weighted by atomic mass is 9.98. The molecule has 7 nitrogen and oxygen atoms in total. The zero-order chi connectivity index (χ0) is 16.6. The highest BCUT2D eigenvalue weighted by Crippen LogP contribution is 2.23. The third-order valence-electron chi connectivity index (χ3n) is 5.05. The number of nitrogens with one attached hydrogen (secondary N) is 1. The monoisotopic (exact) mass is 320 g/mol. The van der Waals surface area contributed by atoms with Crippen LogP contribution in [0, 0.1) is 13.8 Å². The number of hydrogen-bond donors (Lipinski definition) is 1. The first-order valence-corrected chi connectivity index (χ1v) is 8.13. The number of carbonyl (C=O) groups is 2. The van der Waals surface area contributed by atoms with Gasteiger partial charge < -0.3 is 14.5 Å². The lowest BCUT2D eigenvalue weighted by Gasteiger charge is -2.45. The number of H-pyrrole nitrogens is 1. The van der Waals surface area contributed by atoms with Crippen LogP contribution in [-0.4, -0.2) is 70.7 Å². The van der Waals surface area contributed by atoms with Crippen molar-refractivity contribution in [2.75, 3.05) is 26.7 Å². The normalized spacial score (nSPS) is 24.7. The molecule has 0 radical (unpaired) electrons. The van der Waals surface area contributed by atoms with Crippen LogP contribution in [0.2, 0.25) is 0 Å². The van der Waals surface area contributed by atoms with Gasteiger partial charge in [0.2, 0.25) is 11.8 Å². The van der Waals surface area contributed by atoms with E-state index in [1.165, 1.54) is 0 Å². The number of rotatable bonds is 3. The van der Waals surface area contributed by atoms with Crippen molar-refractivity contribution in [2.45, 2.75) is 45.3 Å². The van der Waals surface area contributed by atoms with E-state index in [0.717, 1.165) is 23.4 Å². The molecule has 1 N–H and O–H groups in total. The minimum atomic E-state index is -0.0219. The summed E-state index contributed by atoms with van der Waals surface area (Å²) in [5.74, 6) is 0.125. The Morgan fingerprint density at radius 3 is 2.91 bits per heavy atom. The summed E-state index contributed by atoms with van der Waals surface area (Å²) >= 11 is 0. The topological polar surface area (TPSA) is 78.5 Å². The number of ether oxygens (including phenoxy) is 1. The molecule has 3 rings (SSSR count). The SMILES string of the molecule is Cc1n[nH]c(C)c1CCC(=O)N1CC[C@H]2OCC(=O)N(C)[C@H]2C1. The van der Waals surface area contributed by atoms with E-state index in [-0.39, 0.29) is 30.6 Å². The molecule has 23 heavy (non-hydrogen) atoms. The molecular formula is C16H24N4O3. The predicted octanol–water partition coefficient (Wildman–Crippen LogP) is 0.417. The van der Waals surface area contributed by atoms with E-state index >= 15 is 0 Å². The number of aromatic nitrogens is 2. The summed E-state index contributed by atoms with van der Waals surface area (Å²) in [7, 11) is 1.80. The molecule has 2 amide bonds. The molecule has 0 spiro atoms. The minimum absolute atomic E-state index is 0.00908. The van der Waals surface area contributed by atoms with Crippen molar-refractivity contribution in [2.24, 2.45) is 0 Å². The summed E-state index contributed by atoms with van der Waals surface area (Å²) in [6, 6.07) is -0.0219. The third-order valence-corrected chi connectivity index (χ3v) is 5.05. The minimum Gasteiger partial charge on any atom is -0.366 e. The summed E-state index contributed by atoms with van der Waals surface area (Å²) in [5, 5.41) is 7.12. The Bertz CT molecular complexity index is 593. The summed E-state index contributed by atoms with van der Waals surface area (Å²) in [5.41, 5.74) is 3.11. The number of carbonyl (C=O) groups excluding carboxylic acids is 2. The Morgan fingerprint density at radius 1 is 1.43 bits per heavy atom. The van der Waals surface area contributed by atoms with Crippen LogP contribution in [-0.2, 0) is 20.7 Å². The molecular weight excluding hydrogens is 296 g/mol. The van der Waals surface area contributed by atoms with Gasteiger partial charge in [-0.3, -0.25) is 14.7 Å². The molecule has 126 valence electrons. The number of piperidine rings is 1. The summed E-state index contributed by atoms with van der Waals surface area (Å²) in [6.45, 7) is 5.35. The summed E-state index contributed by atoms with van der Waals surface area (Å²) in [4.78, 5) is 27.9. The second-order valence-corrected chi connectivity index (χ2v) is 6.46. The Labute approximate surface area is 136 Å². The molecule has 0 unspecified atom stereocenters. The number of amides is 2. The molecule has 2 aliphatic rings. The van der Waals surface area contributed by atoms with Crippen LogP contribution < -0.4 is 0 Å². The molecule has 7 heteroatoms. The van der Waals surface area contributed by atoms with E-state index in [0.29, 0.717) is 25.9 Å². The lowest BCUT2D eigenvalue weighted by molar-refractivity contribution is -0.163. The molecule has 2 aliphatic heterocycles. The Kier molecular flexibility index (Phi) is 4.39. The Hall–Kier alpha value is -1.89. The Morgan fingerprint density at radius 2 is 2.22 bits per heavy atom.